The van der Waals surface area contributed by atoms with Gasteiger partial charge in [-0.2, -0.15) is 0 Å². The van der Waals surface area contributed by atoms with E-state index in [0.29, 0.717) is 12.8 Å². The van der Waals surface area contributed by atoms with Gasteiger partial charge in [0.05, 0.1) is 0 Å². The normalized spacial score (nSPS) is 11.2. The number of halogens is 2. The molecule has 0 heterocycles. The third-order valence-electron chi connectivity index (χ3n) is 9.11. The maximum absolute atomic E-state index is 10.6. The van der Waals surface area contributed by atoms with Crippen LogP contribution in [0.15, 0.2) is 12.2 Å². The van der Waals surface area contributed by atoms with Gasteiger partial charge >= 0.3 is 0 Å². The average molecular weight is 688 g/mol. The van der Waals surface area contributed by atoms with Gasteiger partial charge in [0.1, 0.15) is 0 Å². The fourth-order valence-corrected chi connectivity index (χ4v) is 6.30. The lowest BCUT2D eigenvalue weighted by Gasteiger charge is -2.03. The third kappa shape index (κ3) is 50.5. The van der Waals surface area contributed by atoms with Crippen molar-refractivity contribution < 1.29 is 9.59 Å². The Kier molecular flexibility index (Phi) is 46.4. The summed E-state index contributed by atoms with van der Waals surface area (Å²) in [4.78, 5) is 21.2. The minimum atomic E-state index is -0.187. The average Bonchev–Trinajstić information content (AvgIpc) is 3.03. The van der Waals surface area contributed by atoms with E-state index >= 15 is 0 Å². The minimum absolute atomic E-state index is 0.179. The SMILES string of the molecule is CCCCCCCCC=CCCCCCCCCCC(=O)Cl.CCCCCCCCCCCCCCCCCCCCCC(=O)Cl. The summed E-state index contributed by atoms with van der Waals surface area (Å²) in [6.07, 6.45) is 51.6. The summed E-state index contributed by atoms with van der Waals surface area (Å²) in [6.45, 7) is 4.56. The molecule has 0 aliphatic carbocycles. The van der Waals surface area contributed by atoms with Crippen molar-refractivity contribution in [3.8, 4) is 0 Å². The van der Waals surface area contributed by atoms with E-state index in [1.807, 2.05) is 0 Å². The smallest absolute Gasteiger partial charge is 0.221 e. The number of carbonyl (C=O) groups is 2. The van der Waals surface area contributed by atoms with Gasteiger partial charge in [0.25, 0.3) is 0 Å². The Morgan fingerprint density at radius 1 is 0.326 bits per heavy atom. The lowest BCUT2D eigenvalue weighted by Crippen LogP contribution is -1.86. The summed E-state index contributed by atoms with van der Waals surface area (Å²) < 4.78 is 0. The second-order valence-corrected chi connectivity index (χ2v) is 14.7. The van der Waals surface area contributed by atoms with Crippen LogP contribution in [0, 0.1) is 0 Å². The van der Waals surface area contributed by atoms with Crippen molar-refractivity contribution in [1.82, 2.24) is 0 Å². The lowest BCUT2D eigenvalue weighted by atomic mass is 10.0. The van der Waals surface area contributed by atoms with Crippen LogP contribution in [0.3, 0.4) is 0 Å². The van der Waals surface area contributed by atoms with E-state index < -0.39 is 0 Å². The van der Waals surface area contributed by atoms with E-state index in [1.54, 1.807) is 0 Å². The second kappa shape index (κ2) is 44.7. The molecule has 2 nitrogen and oxygen atoms in total. The van der Waals surface area contributed by atoms with Crippen LogP contribution in [-0.4, -0.2) is 10.5 Å². The van der Waals surface area contributed by atoms with Crippen LogP contribution in [-0.2, 0) is 9.59 Å². The largest absolute Gasteiger partial charge is 0.281 e. The maximum Gasteiger partial charge on any atom is 0.221 e. The monoisotopic (exact) mass is 687 g/mol. The molecule has 0 aliphatic rings. The Bertz CT molecular complexity index is 619. The summed E-state index contributed by atoms with van der Waals surface area (Å²) in [5.41, 5.74) is 0. The van der Waals surface area contributed by atoms with Crippen LogP contribution >= 0.6 is 23.2 Å². The fourth-order valence-electron chi connectivity index (χ4n) is 6.03. The van der Waals surface area contributed by atoms with Crippen molar-refractivity contribution >= 4 is 33.7 Å². The predicted octanol–water partition coefficient (Wildman–Crippen LogP) is 16.1. The van der Waals surface area contributed by atoms with Crippen LogP contribution in [0.2, 0.25) is 0 Å². The van der Waals surface area contributed by atoms with Gasteiger partial charge in [-0.3, -0.25) is 9.59 Å². The highest BCUT2D eigenvalue weighted by molar-refractivity contribution is 6.63. The molecule has 0 radical (unpaired) electrons. The van der Waals surface area contributed by atoms with Crippen molar-refractivity contribution in [2.24, 2.45) is 0 Å². The number of hydrogen-bond acceptors (Lipinski definition) is 2. The van der Waals surface area contributed by atoms with Gasteiger partial charge < -0.3 is 0 Å². The van der Waals surface area contributed by atoms with Gasteiger partial charge in [0.15, 0.2) is 0 Å². The van der Waals surface area contributed by atoms with Crippen molar-refractivity contribution in [2.45, 2.75) is 245 Å². The van der Waals surface area contributed by atoms with E-state index in [2.05, 4.69) is 26.0 Å². The molecule has 0 aromatic rings. The first-order chi connectivity index (χ1) is 22.5. The van der Waals surface area contributed by atoms with Crippen LogP contribution in [0.5, 0.6) is 0 Å². The van der Waals surface area contributed by atoms with Crippen LogP contribution in [0.4, 0.5) is 0 Å². The van der Waals surface area contributed by atoms with Crippen molar-refractivity contribution in [3.05, 3.63) is 12.2 Å². The first-order valence-electron chi connectivity index (χ1n) is 20.6. The highest BCUT2D eigenvalue weighted by Gasteiger charge is 1.98. The quantitative estimate of drug-likeness (QED) is 0.0370. The Balaban J connectivity index is 0. The first kappa shape index (κ1) is 47.8. The number of allylic oxidation sites excluding steroid dienone is 2. The Labute approximate surface area is 299 Å². The molecule has 0 N–H and O–H groups in total. The number of carbonyl (C=O) groups excluding carboxylic acids is 2. The molecule has 46 heavy (non-hydrogen) atoms. The van der Waals surface area contributed by atoms with Crippen LogP contribution in [0.1, 0.15) is 245 Å². The zero-order valence-corrected chi connectivity index (χ0v) is 32.7. The summed E-state index contributed by atoms with van der Waals surface area (Å²) in [7, 11) is 0. The molecule has 274 valence electrons. The van der Waals surface area contributed by atoms with Crippen molar-refractivity contribution in [1.29, 1.82) is 0 Å². The standard InChI is InChI=1S/C22H43ClO.C20H37ClO/c1-2-3-4-5-6-7-8-9-10-11-12-13-14-15-16-17-18-19-20-21-22(23)24;1-2-3-4-5-6-7-8-9-10-11-12-13-14-15-16-17-18-19-20(21)22/h2-21H2,1H3;9-10H,2-8,11-19H2,1H3. The fraction of sp³-hybridized carbons (Fsp3) is 0.905. The maximum atomic E-state index is 10.6. The lowest BCUT2D eigenvalue weighted by molar-refractivity contribution is -0.112. The van der Waals surface area contributed by atoms with Crippen molar-refractivity contribution in [3.63, 3.8) is 0 Å². The van der Waals surface area contributed by atoms with Gasteiger partial charge in [0.2, 0.25) is 10.5 Å². The molecular weight excluding hydrogens is 607 g/mol. The highest BCUT2D eigenvalue weighted by atomic mass is 35.5. The van der Waals surface area contributed by atoms with E-state index in [4.69, 9.17) is 23.2 Å². The molecule has 0 aromatic heterocycles. The summed E-state index contributed by atoms with van der Waals surface area (Å²) in [6, 6.07) is 0. The molecule has 0 aromatic carbocycles. The zero-order valence-electron chi connectivity index (χ0n) is 31.2. The molecule has 0 spiro atoms. The predicted molar refractivity (Wildman–Crippen MR) is 208 cm³/mol. The first-order valence-corrected chi connectivity index (χ1v) is 21.3. The van der Waals surface area contributed by atoms with E-state index in [9.17, 15) is 9.59 Å². The third-order valence-corrected chi connectivity index (χ3v) is 9.49. The highest BCUT2D eigenvalue weighted by Crippen LogP contribution is 2.15. The molecule has 0 unspecified atom stereocenters. The molecule has 0 amide bonds. The van der Waals surface area contributed by atoms with Gasteiger partial charge in [-0.1, -0.05) is 206 Å². The molecule has 0 bridgehead atoms. The van der Waals surface area contributed by atoms with Crippen molar-refractivity contribution in [2.75, 3.05) is 0 Å². The van der Waals surface area contributed by atoms with Crippen LogP contribution < -0.4 is 0 Å². The van der Waals surface area contributed by atoms with E-state index in [1.165, 1.54) is 193 Å². The van der Waals surface area contributed by atoms with E-state index in [0.717, 1.165) is 25.7 Å². The second-order valence-electron chi connectivity index (χ2n) is 13.9. The van der Waals surface area contributed by atoms with Gasteiger partial charge in [0, 0.05) is 12.8 Å². The molecular formula is C42H80Cl2O2. The molecule has 4 heteroatoms. The topological polar surface area (TPSA) is 34.1 Å². The molecule has 0 atom stereocenters. The molecule has 0 aliphatic heterocycles. The van der Waals surface area contributed by atoms with E-state index in [-0.39, 0.29) is 10.5 Å². The molecule has 0 saturated heterocycles. The van der Waals surface area contributed by atoms with Gasteiger partial charge in [-0.15, -0.1) is 0 Å². The number of rotatable bonds is 37. The number of unbranched alkanes of at least 4 members (excludes halogenated alkanes) is 31. The molecule has 0 saturated carbocycles. The summed E-state index contributed by atoms with van der Waals surface area (Å²) >= 11 is 10.6. The Morgan fingerprint density at radius 2 is 0.522 bits per heavy atom. The summed E-state index contributed by atoms with van der Waals surface area (Å²) in [5.74, 6) is 0. The van der Waals surface area contributed by atoms with Gasteiger partial charge in [-0.05, 0) is 61.7 Å². The Hall–Kier alpha value is -0.340. The van der Waals surface area contributed by atoms with Crippen LogP contribution in [0.25, 0.3) is 0 Å². The number of hydrogen-bond donors (Lipinski definition) is 0. The van der Waals surface area contributed by atoms with Gasteiger partial charge in [-0.25, -0.2) is 0 Å². The minimum Gasteiger partial charge on any atom is -0.281 e. The molecule has 0 rings (SSSR count). The summed E-state index contributed by atoms with van der Waals surface area (Å²) in [5, 5.41) is -0.366. The Morgan fingerprint density at radius 3 is 0.739 bits per heavy atom. The molecule has 0 fully saturated rings. The zero-order chi connectivity index (χ0) is 34.0.